The Morgan fingerprint density at radius 3 is 3.00 bits per heavy atom. The van der Waals surface area contributed by atoms with Crippen molar-refractivity contribution in [2.75, 3.05) is 0 Å². The monoisotopic (exact) mass is 279 g/mol. The Hall–Kier alpha value is -2.60. The first-order chi connectivity index (χ1) is 10.0. The first-order valence-corrected chi connectivity index (χ1v) is 6.81. The third kappa shape index (κ3) is 3.49. The van der Waals surface area contributed by atoms with E-state index in [1.165, 1.54) is 0 Å². The van der Waals surface area contributed by atoms with Crippen LogP contribution >= 0.6 is 0 Å². The number of aliphatic carboxylic acids is 1. The molecule has 0 aliphatic heterocycles. The maximum Gasteiger partial charge on any atom is 0.311 e. The number of nitrogens with zero attached hydrogens (tertiary/aromatic N) is 1. The van der Waals surface area contributed by atoms with Gasteiger partial charge in [-0.1, -0.05) is 55.5 Å². The maximum absolute atomic E-state index is 11.3. The molecule has 3 heteroatoms. The summed E-state index contributed by atoms with van der Waals surface area (Å²) >= 11 is 0. The topological polar surface area (TPSA) is 61.1 Å². The van der Waals surface area contributed by atoms with Gasteiger partial charge in [-0.05, 0) is 24.1 Å². The van der Waals surface area contributed by atoms with Crippen molar-refractivity contribution < 1.29 is 9.90 Å². The minimum Gasteiger partial charge on any atom is -0.481 e. The molecule has 0 fully saturated rings. The van der Waals surface area contributed by atoms with E-state index in [0.717, 1.165) is 5.56 Å². The van der Waals surface area contributed by atoms with Crippen molar-refractivity contribution in [2.24, 2.45) is 11.3 Å². The predicted molar refractivity (Wildman–Crippen MR) is 82.3 cm³/mol. The summed E-state index contributed by atoms with van der Waals surface area (Å²) in [6.45, 7) is 1.95. The van der Waals surface area contributed by atoms with Gasteiger partial charge in [-0.3, -0.25) is 4.79 Å². The quantitative estimate of drug-likeness (QED) is 0.912. The smallest absolute Gasteiger partial charge is 0.311 e. The largest absolute Gasteiger partial charge is 0.481 e. The van der Waals surface area contributed by atoms with Crippen LogP contribution < -0.4 is 0 Å². The van der Waals surface area contributed by atoms with Crippen LogP contribution in [0.2, 0.25) is 0 Å². The molecule has 0 spiro atoms. The summed E-state index contributed by atoms with van der Waals surface area (Å²) in [6.07, 6.45) is 11.9. The summed E-state index contributed by atoms with van der Waals surface area (Å²) < 4.78 is 0. The van der Waals surface area contributed by atoms with Gasteiger partial charge >= 0.3 is 5.97 Å². The molecule has 106 valence electrons. The van der Waals surface area contributed by atoms with Crippen molar-refractivity contribution in [1.29, 1.82) is 5.26 Å². The van der Waals surface area contributed by atoms with E-state index in [2.05, 4.69) is 6.07 Å². The van der Waals surface area contributed by atoms with Crippen LogP contribution in [0.4, 0.5) is 0 Å². The lowest BCUT2D eigenvalue weighted by atomic mass is 9.72. The van der Waals surface area contributed by atoms with Crippen molar-refractivity contribution in [3.8, 4) is 6.07 Å². The van der Waals surface area contributed by atoms with E-state index in [1.54, 1.807) is 18.2 Å². The normalized spacial score (nSPS) is 24.1. The number of carbonyl (C=O) groups is 1. The molecule has 3 nitrogen and oxygen atoms in total. The number of hydrogen-bond donors (Lipinski definition) is 1. The van der Waals surface area contributed by atoms with Gasteiger partial charge in [0.05, 0.1) is 17.6 Å². The molecule has 1 aromatic carbocycles. The standard InChI is InChI=1S/C18H17NO2/c1-18(10-3-2-9-16(18)17(20)21)11-5-8-14-6-4-7-15(12-14)13-19/h2-10,12,16H,11H2,1H3,(H,20,21)/b8-5+. The van der Waals surface area contributed by atoms with Crippen LogP contribution in [-0.4, -0.2) is 11.1 Å². The van der Waals surface area contributed by atoms with E-state index in [0.29, 0.717) is 12.0 Å². The summed E-state index contributed by atoms with van der Waals surface area (Å²) in [5.74, 6) is -1.32. The van der Waals surface area contributed by atoms with Crippen molar-refractivity contribution in [2.45, 2.75) is 13.3 Å². The van der Waals surface area contributed by atoms with Crippen LogP contribution in [0, 0.1) is 22.7 Å². The Bertz CT molecular complexity index is 664. The Labute approximate surface area is 124 Å². The molecule has 0 saturated heterocycles. The fourth-order valence-corrected chi connectivity index (χ4v) is 2.49. The Kier molecular flexibility index (Phi) is 4.39. The minimum atomic E-state index is -0.807. The van der Waals surface area contributed by atoms with Crippen molar-refractivity contribution in [1.82, 2.24) is 0 Å². The fraction of sp³-hybridized carbons (Fsp3) is 0.222. The van der Waals surface area contributed by atoms with Gasteiger partial charge in [0, 0.05) is 5.41 Å². The van der Waals surface area contributed by atoms with Gasteiger partial charge < -0.3 is 5.11 Å². The zero-order valence-electron chi connectivity index (χ0n) is 11.9. The van der Waals surface area contributed by atoms with Crippen LogP contribution in [0.1, 0.15) is 24.5 Å². The summed E-state index contributed by atoms with van der Waals surface area (Å²) in [7, 11) is 0. The Balaban J connectivity index is 2.12. The Morgan fingerprint density at radius 2 is 2.29 bits per heavy atom. The molecule has 21 heavy (non-hydrogen) atoms. The van der Waals surface area contributed by atoms with Crippen molar-refractivity contribution in [3.05, 3.63) is 65.8 Å². The first kappa shape index (κ1) is 14.8. The highest BCUT2D eigenvalue weighted by molar-refractivity contribution is 5.74. The zero-order chi connectivity index (χ0) is 15.3. The first-order valence-electron chi connectivity index (χ1n) is 6.81. The van der Waals surface area contributed by atoms with Gasteiger partial charge in [-0.15, -0.1) is 0 Å². The second kappa shape index (κ2) is 6.23. The molecule has 2 atom stereocenters. The second-order valence-electron chi connectivity index (χ2n) is 5.41. The van der Waals surface area contributed by atoms with Gasteiger partial charge in [0.25, 0.3) is 0 Å². The molecule has 0 aromatic heterocycles. The summed E-state index contributed by atoms with van der Waals surface area (Å²) in [5.41, 5.74) is 1.14. The highest BCUT2D eigenvalue weighted by Gasteiger charge is 2.35. The average molecular weight is 279 g/mol. The zero-order valence-corrected chi connectivity index (χ0v) is 11.9. The van der Waals surface area contributed by atoms with Crippen LogP contribution in [0.5, 0.6) is 0 Å². The average Bonchev–Trinajstić information content (AvgIpc) is 2.47. The van der Waals surface area contributed by atoms with Crippen LogP contribution in [0.15, 0.2) is 54.6 Å². The highest BCUT2D eigenvalue weighted by Crippen LogP contribution is 2.37. The summed E-state index contributed by atoms with van der Waals surface area (Å²) in [6, 6.07) is 9.43. The number of carboxylic acid groups (broad SMARTS) is 1. The third-order valence-corrected chi connectivity index (χ3v) is 3.75. The number of rotatable bonds is 4. The highest BCUT2D eigenvalue weighted by atomic mass is 16.4. The number of benzene rings is 1. The van der Waals surface area contributed by atoms with Gasteiger partial charge in [0.1, 0.15) is 0 Å². The van der Waals surface area contributed by atoms with E-state index in [-0.39, 0.29) is 0 Å². The van der Waals surface area contributed by atoms with E-state index in [4.69, 9.17) is 5.26 Å². The molecule has 1 aliphatic rings. The molecule has 0 bridgehead atoms. The van der Waals surface area contributed by atoms with Crippen LogP contribution in [0.25, 0.3) is 6.08 Å². The van der Waals surface area contributed by atoms with Gasteiger partial charge in [-0.2, -0.15) is 5.26 Å². The molecule has 0 amide bonds. The molecular formula is C18H17NO2. The van der Waals surface area contributed by atoms with Gasteiger partial charge in [0.15, 0.2) is 0 Å². The molecule has 1 aliphatic carbocycles. The molecule has 0 heterocycles. The number of nitriles is 1. The molecule has 0 saturated carbocycles. The lowest BCUT2D eigenvalue weighted by Gasteiger charge is -2.31. The number of carboxylic acids is 1. The molecular weight excluding hydrogens is 262 g/mol. The SMILES string of the molecule is CC1(C/C=C/c2cccc(C#N)c2)C=CC=CC1C(=O)O. The Morgan fingerprint density at radius 1 is 1.48 bits per heavy atom. The van der Waals surface area contributed by atoms with E-state index < -0.39 is 17.3 Å². The number of hydrogen-bond acceptors (Lipinski definition) is 2. The third-order valence-electron chi connectivity index (χ3n) is 3.75. The van der Waals surface area contributed by atoms with E-state index >= 15 is 0 Å². The fourth-order valence-electron chi connectivity index (χ4n) is 2.49. The van der Waals surface area contributed by atoms with E-state index in [9.17, 15) is 9.90 Å². The van der Waals surface area contributed by atoms with Gasteiger partial charge in [0.2, 0.25) is 0 Å². The second-order valence-corrected chi connectivity index (χ2v) is 5.41. The van der Waals surface area contributed by atoms with Crippen LogP contribution in [0.3, 0.4) is 0 Å². The van der Waals surface area contributed by atoms with Crippen molar-refractivity contribution >= 4 is 12.0 Å². The molecule has 0 radical (unpaired) electrons. The predicted octanol–water partition coefficient (Wildman–Crippen LogP) is 3.79. The lowest BCUT2D eigenvalue weighted by Crippen LogP contribution is -2.31. The van der Waals surface area contributed by atoms with Crippen molar-refractivity contribution in [3.63, 3.8) is 0 Å². The summed E-state index contributed by atoms with van der Waals surface area (Å²) in [5, 5.41) is 18.2. The minimum absolute atomic E-state index is 0.427. The molecule has 1 aromatic rings. The molecule has 2 unspecified atom stereocenters. The molecule has 1 N–H and O–H groups in total. The van der Waals surface area contributed by atoms with E-state index in [1.807, 2.05) is 49.4 Å². The van der Waals surface area contributed by atoms with Crippen LogP contribution in [-0.2, 0) is 4.79 Å². The maximum atomic E-state index is 11.3. The molecule has 2 rings (SSSR count). The van der Waals surface area contributed by atoms with Gasteiger partial charge in [-0.25, -0.2) is 0 Å². The lowest BCUT2D eigenvalue weighted by molar-refractivity contribution is -0.142. The summed E-state index contributed by atoms with van der Waals surface area (Å²) in [4.78, 5) is 11.3. The number of allylic oxidation sites excluding steroid dienone is 4.